The van der Waals surface area contributed by atoms with Crippen LogP contribution in [0.25, 0.3) is 0 Å². The van der Waals surface area contributed by atoms with Crippen molar-refractivity contribution in [3.05, 3.63) is 39.5 Å². The lowest BCUT2D eigenvalue weighted by Crippen LogP contribution is -2.36. The van der Waals surface area contributed by atoms with Gasteiger partial charge in [0.15, 0.2) is 17.6 Å². The zero-order valence-corrected chi connectivity index (χ0v) is 16.3. The lowest BCUT2D eigenvalue weighted by molar-refractivity contribution is -0.385. The standard InChI is InChI=1S/C20H24N2O7/c1-13(19(23)21-8-7-14-5-3-2-4-6-14)29-20(24)15-11-17-18(28-10-9-27-17)12-16(15)22(25)26/h5,11-13H,2-4,6-10H2,1H3,(H,21,23)/t13-/m1/s1. The molecule has 1 aliphatic carbocycles. The van der Waals surface area contributed by atoms with Crippen molar-refractivity contribution in [3.63, 3.8) is 0 Å². The van der Waals surface area contributed by atoms with Crippen molar-refractivity contribution in [2.75, 3.05) is 19.8 Å². The number of benzene rings is 1. The Balaban J connectivity index is 1.60. The second-order valence-electron chi connectivity index (χ2n) is 6.97. The number of nitro benzene ring substituents is 1. The van der Waals surface area contributed by atoms with Crippen LogP contribution in [0.3, 0.4) is 0 Å². The van der Waals surface area contributed by atoms with E-state index in [1.54, 1.807) is 0 Å². The Morgan fingerprint density at radius 3 is 2.62 bits per heavy atom. The number of fused-ring (bicyclic) bond motifs is 1. The molecule has 2 aliphatic rings. The molecule has 1 aliphatic heterocycles. The van der Waals surface area contributed by atoms with Crippen molar-refractivity contribution in [1.82, 2.24) is 5.32 Å². The fraction of sp³-hybridized carbons (Fsp3) is 0.500. The highest BCUT2D eigenvalue weighted by Crippen LogP contribution is 2.37. The minimum atomic E-state index is -1.09. The number of hydrogen-bond acceptors (Lipinski definition) is 7. The van der Waals surface area contributed by atoms with E-state index < -0.39 is 28.6 Å². The average molecular weight is 404 g/mol. The molecule has 1 N–H and O–H groups in total. The van der Waals surface area contributed by atoms with E-state index in [0.29, 0.717) is 6.54 Å². The molecule has 0 unspecified atom stereocenters. The number of carbonyl (C=O) groups is 2. The van der Waals surface area contributed by atoms with E-state index in [-0.39, 0.29) is 30.3 Å². The van der Waals surface area contributed by atoms with Gasteiger partial charge in [0, 0.05) is 12.6 Å². The number of nitrogens with one attached hydrogen (secondary N) is 1. The van der Waals surface area contributed by atoms with E-state index in [2.05, 4.69) is 11.4 Å². The van der Waals surface area contributed by atoms with Crippen LogP contribution in [0.5, 0.6) is 11.5 Å². The van der Waals surface area contributed by atoms with Gasteiger partial charge in [0.05, 0.1) is 11.0 Å². The van der Waals surface area contributed by atoms with E-state index in [1.165, 1.54) is 31.4 Å². The minimum absolute atomic E-state index is 0.197. The zero-order valence-electron chi connectivity index (χ0n) is 16.3. The van der Waals surface area contributed by atoms with Crippen LogP contribution in [0.2, 0.25) is 0 Å². The second kappa shape index (κ2) is 9.40. The van der Waals surface area contributed by atoms with Crippen molar-refractivity contribution in [2.24, 2.45) is 0 Å². The maximum absolute atomic E-state index is 12.5. The van der Waals surface area contributed by atoms with Crippen molar-refractivity contribution in [1.29, 1.82) is 0 Å². The number of nitrogens with zero attached hydrogens (tertiary/aromatic N) is 1. The van der Waals surface area contributed by atoms with Crippen LogP contribution in [-0.2, 0) is 9.53 Å². The number of esters is 1. The van der Waals surface area contributed by atoms with Crippen molar-refractivity contribution >= 4 is 17.6 Å². The largest absolute Gasteiger partial charge is 0.486 e. The van der Waals surface area contributed by atoms with Gasteiger partial charge in [-0.3, -0.25) is 14.9 Å². The number of amides is 1. The molecule has 29 heavy (non-hydrogen) atoms. The molecule has 0 bridgehead atoms. The molecule has 1 amide bonds. The molecule has 1 heterocycles. The van der Waals surface area contributed by atoms with Gasteiger partial charge in [0.25, 0.3) is 11.6 Å². The summed E-state index contributed by atoms with van der Waals surface area (Å²) in [5.41, 5.74) is 0.579. The average Bonchev–Trinajstić information content (AvgIpc) is 2.73. The molecule has 1 aromatic carbocycles. The summed E-state index contributed by atoms with van der Waals surface area (Å²) in [6.45, 7) is 2.42. The predicted molar refractivity (Wildman–Crippen MR) is 103 cm³/mol. The maximum Gasteiger partial charge on any atom is 0.346 e. The third-order valence-electron chi connectivity index (χ3n) is 4.86. The SMILES string of the molecule is C[C@@H](OC(=O)c1cc2c(cc1[N+](=O)[O-])OCCO2)C(=O)NCCC1=CCCCC1. The third-order valence-corrected chi connectivity index (χ3v) is 4.86. The van der Waals surface area contributed by atoms with Crippen LogP contribution in [0.1, 0.15) is 49.4 Å². The zero-order chi connectivity index (χ0) is 20.8. The Morgan fingerprint density at radius 1 is 1.24 bits per heavy atom. The monoisotopic (exact) mass is 404 g/mol. The molecule has 1 aromatic rings. The molecule has 156 valence electrons. The number of allylic oxidation sites excluding steroid dienone is 1. The molecule has 1 atom stereocenters. The Morgan fingerprint density at radius 2 is 1.97 bits per heavy atom. The van der Waals surface area contributed by atoms with E-state index in [9.17, 15) is 19.7 Å². The lowest BCUT2D eigenvalue weighted by Gasteiger charge is -2.19. The molecular weight excluding hydrogens is 380 g/mol. The minimum Gasteiger partial charge on any atom is -0.486 e. The smallest absolute Gasteiger partial charge is 0.346 e. The number of carbonyl (C=O) groups excluding carboxylic acids is 2. The number of hydrogen-bond donors (Lipinski definition) is 1. The first kappa shape index (κ1) is 20.6. The molecule has 9 heteroatoms. The first-order chi connectivity index (χ1) is 14.0. The van der Waals surface area contributed by atoms with Crippen LogP contribution >= 0.6 is 0 Å². The van der Waals surface area contributed by atoms with Gasteiger partial charge in [-0.2, -0.15) is 0 Å². The van der Waals surface area contributed by atoms with E-state index in [1.807, 2.05) is 0 Å². The van der Waals surface area contributed by atoms with Crippen LogP contribution in [0.4, 0.5) is 5.69 Å². The first-order valence-electron chi connectivity index (χ1n) is 9.70. The molecule has 0 spiro atoms. The van der Waals surface area contributed by atoms with Crippen molar-refractivity contribution in [2.45, 2.75) is 45.1 Å². The summed E-state index contributed by atoms with van der Waals surface area (Å²) in [4.78, 5) is 35.3. The fourth-order valence-corrected chi connectivity index (χ4v) is 3.29. The second-order valence-corrected chi connectivity index (χ2v) is 6.97. The number of nitro groups is 1. The fourth-order valence-electron chi connectivity index (χ4n) is 3.29. The van der Waals surface area contributed by atoms with Crippen molar-refractivity contribution in [3.8, 4) is 11.5 Å². The summed E-state index contributed by atoms with van der Waals surface area (Å²) in [5, 5.41) is 14.1. The summed E-state index contributed by atoms with van der Waals surface area (Å²) in [7, 11) is 0. The van der Waals surface area contributed by atoms with E-state index in [0.717, 1.165) is 25.3 Å². The Bertz CT molecular complexity index is 834. The van der Waals surface area contributed by atoms with E-state index >= 15 is 0 Å². The van der Waals surface area contributed by atoms with Crippen LogP contribution in [0, 0.1) is 10.1 Å². The molecule has 0 saturated heterocycles. The molecular formula is C20H24N2O7. The summed E-state index contributed by atoms with van der Waals surface area (Å²) >= 11 is 0. The highest BCUT2D eigenvalue weighted by atomic mass is 16.6. The molecule has 3 rings (SSSR count). The summed E-state index contributed by atoms with van der Waals surface area (Å²) in [6, 6.07) is 2.35. The Kier molecular flexibility index (Phi) is 6.69. The van der Waals surface area contributed by atoms with Gasteiger partial charge in [-0.15, -0.1) is 0 Å². The number of ether oxygens (including phenoxy) is 3. The summed E-state index contributed by atoms with van der Waals surface area (Å²) < 4.78 is 15.8. The molecule has 0 radical (unpaired) electrons. The molecule has 0 aromatic heterocycles. The van der Waals surface area contributed by atoms with Gasteiger partial charge >= 0.3 is 5.97 Å². The van der Waals surface area contributed by atoms with Crippen molar-refractivity contribution < 1.29 is 28.7 Å². The first-order valence-corrected chi connectivity index (χ1v) is 9.70. The normalized spacial score (nSPS) is 16.4. The highest BCUT2D eigenvalue weighted by molar-refractivity contribution is 5.96. The van der Waals surface area contributed by atoms with Gasteiger partial charge < -0.3 is 19.5 Å². The van der Waals surface area contributed by atoms with E-state index in [4.69, 9.17) is 14.2 Å². The number of rotatable bonds is 7. The summed E-state index contributed by atoms with van der Waals surface area (Å²) in [6.07, 6.45) is 6.38. The van der Waals surface area contributed by atoms with Gasteiger partial charge in [-0.05, 0) is 39.0 Å². The Labute approximate surface area is 168 Å². The van der Waals surface area contributed by atoms with Gasteiger partial charge in [-0.25, -0.2) is 4.79 Å². The third kappa shape index (κ3) is 5.24. The van der Waals surface area contributed by atoms with Crippen LogP contribution in [-0.4, -0.2) is 42.7 Å². The Hall–Kier alpha value is -3.10. The molecule has 9 nitrogen and oxygen atoms in total. The van der Waals surface area contributed by atoms with Gasteiger partial charge in [-0.1, -0.05) is 11.6 Å². The van der Waals surface area contributed by atoms with Gasteiger partial charge in [0.2, 0.25) is 0 Å². The molecule has 0 saturated carbocycles. The van der Waals surface area contributed by atoms with Crippen LogP contribution in [0.15, 0.2) is 23.8 Å². The topological polar surface area (TPSA) is 117 Å². The lowest BCUT2D eigenvalue weighted by atomic mass is 9.97. The predicted octanol–water partition coefficient (Wildman–Crippen LogP) is 2.92. The molecule has 0 fully saturated rings. The quantitative estimate of drug-likeness (QED) is 0.321. The summed E-state index contributed by atoms with van der Waals surface area (Å²) in [5.74, 6) is -0.991. The van der Waals surface area contributed by atoms with Gasteiger partial charge in [0.1, 0.15) is 18.8 Å². The highest BCUT2D eigenvalue weighted by Gasteiger charge is 2.29. The van der Waals surface area contributed by atoms with Crippen LogP contribution < -0.4 is 14.8 Å². The maximum atomic E-state index is 12.5.